The van der Waals surface area contributed by atoms with Crippen molar-refractivity contribution in [2.75, 3.05) is 17.2 Å². The number of ether oxygens (including phenoxy) is 1. The van der Waals surface area contributed by atoms with E-state index < -0.39 is 11.7 Å². The Labute approximate surface area is 222 Å². The molecule has 3 aromatic carbocycles. The van der Waals surface area contributed by atoms with Gasteiger partial charge in [-0.3, -0.25) is 10.1 Å². The van der Waals surface area contributed by atoms with Crippen LogP contribution in [0, 0.1) is 0 Å². The molecule has 0 saturated carbocycles. The van der Waals surface area contributed by atoms with Crippen LogP contribution in [0.1, 0.15) is 48.3 Å². The van der Waals surface area contributed by atoms with Crippen molar-refractivity contribution >= 4 is 40.7 Å². The van der Waals surface area contributed by atoms with Crippen molar-refractivity contribution in [1.82, 2.24) is 10.6 Å². The highest BCUT2D eigenvalue weighted by atomic mass is 32.1. The maximum atomic E-state index is 12.8. The molecule has 37 heavy (non-hydrogen) atoms. The number of aliphatic hydroxyl groups is 1. The molecule has 3 rings (SSSR count). The number of rotatable bonds is 8. The van der Waals surface area contributed by atoms with Crippen LogP contribution < -0.4 is 21.3 Å². The van der Waals surface area contributed by atoms with Crippen LogP contribution in [-0.4, -0.2) is 34.4 Å². The lowest BCUT2D eigenvalue weighted by molar-refractivity contribution is 0.0635. The van der Waals surface area contributed by atoms with Gasteiger partial charge in [0.1, 0.15) is 5.60 Å². The number of aliphatic hydroxyl groups excluding tert-OH is 1. The van der Waals surface area contributed by atoms with E-state index in [-0.39, 0.29) is 18.6 Å². The van der Waals surface area contributed by atoms with Gasteiger partial charge in [-0.2, -0.15) is 0 Å². The van der Waals surface area contributed by atoms with Gasteiger partial charge in [-0.05, 0) is 68.4 Å². The summed E-state index contributed by atoms with van der Waals surface area (Å²) < 4.78 is 5.29. The zero-order valence-electron chi connectivity index (χ0n) is 21.1. The molecule has 0 saturated heterocycles. The third-order valence-electron chi connectivity index (χ3n) is 5.17. The molecule has 2 amide bonds. The Hall–Kier alpha value is -3.95. The quantitative estimate of drug-likeness (QED) is 0.266. The van der Waals surface area contributed by atoms with Crippen LogP contribution in [0.3, 0.4) is 0 Å². The Kier molecular flexibility index (Phi) is 9.59. The molecular weight excluding hydrogens is 488 g/mol. The number of anilines is 2. The first-order valence-corrected chi connectivity index (χ1v) is 12.2. The zero-order chi connectivity index (χ0) is 26.8. The van der Waals surface area contributed by atoms with Crippen molar-refractivity contribution in [1.29, 1.82) is 0 Å². The van der Waals surface area contributed by atoms with E-state index in [4.69, 9.17) is 17.0 Å². The van der Waals surface area contributed by atoms with E-state index in [9.17, 15) is 14.7 Å². The van der Waals surface area contributed by atoms with Crippen LogP contribution in [-0.2, 0) is 11.3 Å². The SMILES string of the molecule is CC(C)(C)OC(=O)Nc1ccccc1NC(=O)c1ccc(CNC(=S)N[C@@H](CO)c2ccccc2)cc1. The van der Waals surface area contributed by atoms with Gasteiger partial charge in [-0.1, -0.05) is 54.6 Å². The highest BCUT2D eigenvalue weighted by Crippen LogP contribution is 2.23. The number of carbonyl (C=O) groups is 2. The topological polar surface area (TPSA) is 112 Å². The molecule has 0 heterocycles. The predicted octanol–water partition coefficient (Wildman–Crippen LogP) is 4.98. The summed E-state index contributed by atoms with van der Waals surface area (Å²) >= 11 is 5.37. The number of thiocarbonyl (C=S) groups is 1. The molecule has 3 aromatic rings. The fraction of sp³-hybridized carbons (Fsp3) is 0.250. The first-order valence-electron chi connectivity index (χ1n) is 11.8. The minimum Gasteiger partial charge on any atom is -0.444 e. The minimum absolute atomic E-state index is 0.0912. The van der Waals surface area contributed by atoms with Crippen molar-refractivity contribution in [3.63, 3.8) is 0 Å². The molecule has 0 bridgehead atoms. The van der Waals surface area contributed by atoms with E-state index in [1.165, 1.54) is 0 Å². The van der Waals surface area contributed by atoms with Crippen molar-refractivity contribution in [2.45, 2.75) is 39.0 Å². The molecule has 8 nitrogen and oxygen atoms in total. The van der Waals surface area contributed by atoms with Crippen molar-refractivity contribution in [2.24, 2.45) is 0 Å². The molecule has 0 fully saturated rings. The van der Waals surface area contributed by atoms with Gasteiger partial charge in [-0.25, -0.2) is 4.79 Å². The lowest BCUT2D eigenvalue weighted by Crippen LogP contribution is -2.38. The molecule has 0 aliphatic rings. The number of para-hydroxylation sites is 2. The Balaban J connectivity index is 1.55. The zero-order valence-corrected chi connectivity index (χ0v) is 21.9. The van der Waals surface area contributed by atoms with E-state index in [1.807, 2.05) is 42.5 Å². The summed E-state index contributed by atoms with van der Waals surface area (Å²) in [4.78, 5) is 25.0. The molecule has 0 aromatic heterocycles. The average Bonchev–Trinajstić information content (AvgIpc) is 2.87. The molecule has 0 spiro atoms. The number of carbonyl (C=O) groups excluding carboxylic acids is 2. The van der Waals surface area contributed by atoms with Gasteiger partial charge in [0.2, 0.25) is 0 Å². The Morgan fingerprint density at radius 3 is 2.08 bits per heavy atom. The van der Waals surface area contributed by atoms with Gasteiger partial charge in [0.25, 0.3) is 5.91 Å². The Bertz CT molecular complexity index is 1210. The standard InChI is InChI=1S/C28H32N4O4S/c1-28(2,3)36-27(35)32-23-12-8-7-11-22(23)30-25(34)21-15-13-19(14-16-21)17-29-26(37)31-24(18-33)20-9-5-4-6-10-20/h4-16,24,33H,17-18H2,1-3H3,(H,30,34)(H,32,35)(H2,29,31,37)/t24-/m0/s1. The second-order valence-corrected chi connectivity index (χ2v) is 9.70. The molecule has 194 valence electrons. The fourth-order valence-electron chi connectivity index (χ4n) is 3.39. The van der Waals surface area contributed by atoms with Crippen molar-refractivity contribution in [3.05, 3.63) is 95.6 Å². The summed E-state index contributed by atoms with van der Waals surface area (Å²) in [5.74, 6) is -0.316. The normalized spacial score (nSPS) is 11.7. The first-order chi connectivity index (χ1) is 17.6. The smallest absolute Gasteiger partial charge is 0.412 e. The van der Waals surface area contributed by atoms with Gasteiger partial charge in [-0.15, -0.1) is 0 Å². The van der Waals surface area contributed by atoms with Crippen LogP contribution in [0.15, 0.2) is 78.9 Å². The van der Waals surface area contributed by atoms with E-state index in [0.717, 1.165) is 11.1 Å². The lowest BCUT2D eigenvalue weighted by atomic mass is 10.1. The number of hydrogen-bond donors (Lipinski definition) is 5. The van der Waals surface area contributed by atoms with Crippen LogP contribution in [0.2, 0.25) is 0 Å². The summed E-state index contributed by atoms with van der Waals surface area (Å²) in [5, 5.41) is 21.8. The van der Waals surface area contributed by atoms with Crippen LogP contribution in [0.5, 0.6) is 0 Å². The summed E-state index contributed by atoms with van der Waals surface area (Å²) in [6.45, 7) is 5.69. The number of nitrogens with one attached hydrogen (secondary N) is 4. The van der Waals surface area contributed by atoms with E-state index in [1.54, 1.807) is 57.2 Å². The molecular formula is C28H32N4O4S. The van der Waals surface area contributed by atoms with Gasteiger partial charge < -0.3 is 25.8 Å². The van der Waals surface area contributed by atoms with Gasteiger partial charge in [0, 0.05) is 12.1 Å². The van der Waals surface area contributed by atoms with Gasteiger partial charge in [0.05, 0.1) is 24.0 Å². The maximum Gasteiger partial charge on any atom is 0.412 e. The largest absolute Gasteiger partial charge is 0.444 e. The van der Waals surface area contributed by atoms with E-state index in [0.29, 0.717) is 28.6 Å². The monoisotopic (exact) mass is 520 g/mol. The van der Waals surface area contributed by atoms with Gasteiger partial charge in [0.15, 0.2) is 5.11 Å². The van der Waals surface area contributed by atoms with Crippen LogP contribution >= 0.6 is 12.2 Å². The van der Waals surface area contributed by atoms with Crippen molar-refractivity contribution in [3.8, 4) is 0 Å². The third kappa shape index (κ3) is 8.89. The molecule has 5 N–H and O–H groups in total. The summed E-state index contributed by atoms with van der Waals surface area (Å²) in [5.41, 5.74) is 2.57. The highest BCUT2D eigenvalue weighted by Gasteiger charge is 2.18. The first kappa shape index (κ1) is 27.6. The predicted molar refractivity (Wildman–Crippen MR) is 150 cm³/mol. The molecule has 1 atom stereocenters. The molecule has 0 aliphatic carbocycles. The summed E-state index contributed by atoms with van der Waals surface area (Å²) in [7, 11) is 0. The second kappa shape index (κ2) is 12.8. The maximum absolute atomic E-state index is 12.8. The number of hydrogen-bond acceptors (Lipinski definition) is 5. The lowest BCUT2D eigenvalue weighted by Gasteiger charge is -2.20. The fourth-order valence-corrected chi connectivity index (χ4v) is 3.61. The molecule has 0 radical (unpaired) electrons. The van der Waals surface area contributed by atoms with Gasteiger partial charge >= 0.3 is 6.09 Å². The van der Waals surface area contributed by atoms with Crippen LogP contribution in [0.25, 0.3) is 0 Å². The highest BCUT2D eigenvalue weighted by molar-refractivity contribution is 7.80. The summed E-state index contributed by atoms with van der Waals surface area (Å²) in [6, 6.07) is 23.3. The number of benzene rings is 3. The van der Waals surface area contributed by atoms with Crippen molar-refractivity contribution < 1.29 is 19.4 Å². The van der Waals surface area contributed by atoms with E-state index in [2.05, 4.69) is 21.3 Å². The molecule has 0 unspecified atom stereocenters. The third-order valence-corrected chi connectivity index (χ3v) is 5.43. The Morgan fingerprint density at radius 1 is 0.892 bits per heavy atom. The van der Waals surface area contributed by atoms with Crippen LogP contribution in [0.4, 0.5) is 16.2 Å². The average molecular weight is 521 g/mol. The minimum atomic E-state index is -0.638. The summed E-state index contributed by atoms with van der Waals surface area (Å²) in [6.07, 6.45) is -0.604. The second-order valence-electron chi connectivity index (χ2n) is 9.30. The van der Waals surface area contributed by atoms with E-state index >= 15 is 0 Å². The Morgan fingerprint density at radius 2 is 1.49 bits per heavy atom. The number of amides is 2. The molecule has 9 heteroatoms. The molecule has 0 aliphatic heterocycles.